The lowest BCUT2D eigenvalue weighted by Crippen LogP contribution is -2.31. The Morgan fingerprint density at radius 2 is 2.17 bits per heavy atom. The summed E-state index contributed by atoms with van der Waals surface area (Å²) >= 11 is 1.12. The van der Waals surface area contributed by atoms with Gasteiger partial charge >= 0.3 is 0 Å². The second-order valence-electron chi connectivity index (χ2n) is 5.47. The number of thiophene rings is 1. The maximum absolute atomic E-state index is 12.6. The SMILES string of the molecule is Cc1noc(CCNC(=O)c2sccc2S(=O)(=O)N2CCCC2)n1. The molecule has 1 N–H and O–H groups in total. The molecule has 1 fully saturated rings. The molecule has 0 radical (unpaired) electrons. The first-order chi connectivity index (χ1) is 11.5. The maximum Gasteiger partial charge on any atom is 0.262 e. The highest BCUT2D eigenvalue weighted by Gasteiger charge is 2.31. The number of amides is 1. The van der Waals surface area contributed by atoms with E-state index in [9.17, 15) is 13.2 Å². The van der Waals surface area contributed by atoms with Gasteiger partial charge in [0.05, 0.1) is 0 Å². The van der Waals surface area contributed by atoms with E-state index < -0.39 is 15.9 Å². The predicted molar refractivity (Wildman–Crippen MR) is 87.4 cm³/mol. The maximum atomic E-state index is 12.6. The average molecular weight is 370 g/mol. The van der Waals surface area contributed by atoms with Crippen molar-refractivity contribution < 1.29 is 17.7 Å². The van der Waals surface area contributed by atoms with Crippen LogP contribution in [-0.2, 0) is 16.4 Å². The molecule has 0 aliphatic carbocycles. The van der Waals surface area contributed by atoms with E-state index in [0.29, 0.717) is 37.8 Å². The number of nitrogens with zero attached hydrogens (tertiary/aromatic N) is 3. The third kappa shape index (κ3) is 3.50. The predicted octanol–water partition coefficient (Wildman–Crippen LogP) is 1.20. The van der Waals surface area contributed by atoms with E-state index in [2.05, 4.69) is 15.5 Å². The summed E-state index contributed by atoms with van der Waals surface area (Å²) in [6.07, 6.45) is 2.11. The van der Waals surface area contributed by atoms with Crippen molar-refractivity contribution in [2.45, 2.75) is 31.1 Å². The Kier molecular flexibility index (Phi) is 4.97. The summed E-state index contributed by atoms with van der Waals surface area (Å²) in [4.78, 5) is 16.7. The molecule has 0 bridgehead atoms. The van der Waals surface area contributed by atoms with Crippen molar-refractivity contribution in [3.63, 3.8) is 0 Å². The normalized spacial score (nSPS) is 15.7. The summed E-state index contributed by atoms with van der Waals surface area (Å²) in [6.45, 7) is 3.03. The van der Waals surface area contributed by atoms with Crippen molar-refractivity contribution in [3.05, 3.63) is 28.0 Å². The van der Waals surface area contributed by atoms with Gasteiger partial charge in [-0.3, -0.25) is 4.79 Å². The highest BCUT2D eigenvalue weighted by Crippen LogP contribution is 2.27. The largest absolute Gasteiger partial charge is 0.351 e. The van der Waals surface area contributed by atoms with Crippen LogP contribution in [0, 0.1) is 6.92 Å². The highest BCUT2D eigenvalue weighted by atomic mass is 32.2. The number of aryl methyl sites for hydroxylation is 1. The molecule has 0 saturated carbocycles. The van der Waals surface area contributed by atoms with E-state index in [4.69, 9.17) is 4.52 Å². The molecule has 130 valence electrons. The van der Waals surface area contributed by atoms with E-state index in [-0.39, 0.29) is 9.77 Å². The Balaban J connectivity index is 1.66. The molecule has 2 aromatic heterocycles. The summed E-state index contributed by atoms with van der Waals surface area (Å²) < 4.78 is 31.7. The van der Waals surface area contributed by atoms with Crippen molar-refractivity contribution in [3.8, 4) is 0 Å². The Labute approximate surface area is 143 Å². The zero-order valence-electron chi connectivity index (χ0n) is 13.2. The van der Waals surface area contributed by atoms with Crippen molar-refractivity contribution in [1.82, 2.24) is 19.8 Å². The summed E-state index contributed by atoms with van der Waals surface area (Å²) in [5, 5.41) is 8.00. The molecule has 1 aliphatic rings. The number of rotatable bonds is 6. The molecule has 0 atom stereocenters. The van der Waals surface area contributed by atoms with Gasteiger partial charge in [-0.15, -0.1) is 11.3 Å². The van der Waals surface area contributed by atoms with Crippen LogP contribution in [0.15, 0.2) is 20.9 Å². The van der Waals surface area contributed by atoms with Gasteiger partial charge in [-0.25, -0.2) is 8.42 Å². The van der Waals surface area contributed by atoms with E-state index in [0.717, 1.165) is 24.2 Å². The van der Waals surface area contributed by atoms with Crippen LogP contribution in [0.1, 0.15) is 34.2 Å². The van der Waals surface area contributed by atoms with Crippen LogP contribution in [0.5, 0.6) is 0 Å². The minimum atomic E-state index is -3.60. The number of hydrogen-bond acceptors (Lipinski definition) is 7. The number of aromatic nitrogens is 2. The molecular weight excluding hydrogens is 352 g/mol. The van der Waals surface area contributed by atoms with Gasteiger partial charge in [0.15, 0.2) is 5.82 Å². The van der Waals surface area contributed by atoms with Crippen LogP contribution in [0.25, 0.3) is 0 Å². The first-order valence-corrected chi connectivity index (χ1v) is 9.95. The molecule has 0 unspecified atom stereocenters. The van der Waals surface area contributed by atoms with Gasteiger partial charge in [-0.05, 0) is 31.2 Å². The van der Waals surface area contributed by atoms with Crippen molar-refractivity contribution in [1.29, 1.82) is 0 Å². The molecule has 1 aliphatic heterocycles. The third-order valence-corrected chi connectivity index (χ3v) is 6.70. The van der Waals surface area contributed by atoms with Crippen LogP contribution >= 0.6 is 11.3 Å². The molecule has 2 aromatic rings. The molecular formula is C14H18N4O4S2. The first-order valence-electron chi connectivity index (χ1n) is 7.63. The molecule has 3 heterocycles. The monoisotopic (exact) mass is 370 g/mol. The average Bonchev–Trinajstić information content (AvgIpc) is 3.29. The Bertz CT molecular complexity index is 821. The van der Waals surface area contributed by atoms with Crippen molar-refractivity contribution in [2.75, 3.05) is 19.6 Å². The van der Waals surface area contributed by atoms with E-state index in [1.807, 2.05) is 0 Å². The zero-order chi connectivity index (χ0) is 17.2. The first kappa shape index (κ1) is 17.1. The molecule has 24 heavy (non-hydrogen) atoms. The topological polar surface area (TPSA) is 105 Å². The molecule has 3 rings (SSSR count). The fraction of sp³-hybridized carbons (Fsp3) is 0.500. The zero-order valence-corrected chi connectivity index (χ0v) is 14.8. The van der Waals surface area contributed by atoms with Crippen molar-refractivity contribution >= 4 is 27.3 Å². The molecule has 0 spiro atoms. The van der Waals surface area contributed by atoms with Crippen LogP contribution in [0.4, 0.5) is 0 Å². The third-order valence-electron chi connectivity index (χ3n) is 3.71. The second-order valence-corrected chi connectivity index (χ2v) is 8.29. The molecule has 1 amide bonds. The van der Waals surface area contributed by atoms with E-state index >= 15 is 0 Å². The Hall–Kier alpha value is -1.78. The van der Waals surface area contributed by atoms with Crippen LogP contribution < -0.4 is 5.32 Å². The van der Waals surface area contributed by atoms with Gasteiger partial charge in [0.2, 0.25) is 15.9 Å². The standard InChI is InChI=1S/C14H18N4O4S2/c1-10-16-12(22-17-10)4-6-15-14(19)13-11(5-9-23-13)24(20,21)18-7-2-3-8-18/h5,9H,2-4,6-8H2,1H3,(H,15,19). The lowest BCUT2D eigenvalue weighted by molar-refractivity contribution is 0.0954. The van der Waals surface area contributed by atoms with Gasteiger partial charge in [0.25, 0.3) is 5.91 Å². The number of nitrogens with one attached hydrogen (secondary N) is 1. The smallest absolute Gasteiger partial charge is 0.262 e. The summed E-state index contributed by atoms with van der Waals surface area (Å²) in [5.74, 6) is 0.566. The molecule has 1 saturated heterocycles. The number of sulfonamides is 1. The van der Waals surface area contributed by atoms with Crippen LogP contribution in [-0.4, -0.2) is 48.4 Å². The number of carbonyl (C=O) groups is 1. The second kappa shape index (κ2) is 6.99. The van der Waals surface area contributed by atoms with Gasteiger partial charge in [-0.1, -0.05) is 5.16 Å². The quantitative estimate of drug-likeness (QED) is 0.819. The van der Waals surface area contributed by atoms with Gasteiger partial charge in [0.1, 0.15) is 9.77 Å². The molecule has 0 aromatic carbocycles. The lowest BCUT2D eigenvalue weighted by Gasteiger charge is -2.15. The summed E-state index contributed by atoms with van der Waals surface area (Å²) in [6, 6.07) is 1.49. The van der Waals surface area contributed by atoms with Gasteiger partial charge < -0.3 is 9.84 Å². The van der Waals surface area contributed by atoms with Crippen molar-refractivity contribution in [2.24, 2.45) is 0 Å². The number of hydrogen-bond donors (Lipinski definition) is 1. The van der Waals surface area contributed by atoms with Crippen LogP contribution in [0.2, 0.25) is 0 Å². The summed E-state index contributed by atoms with van der Waals surface area (Å²) in [5.41, 5.74) is 0. The van der Waals surface area contributed by atoms with Gasteiger partial charge in [-0.2, -0.15) is 9.29 Å². The fourth-order valence-corrected chi connectivity index (χ4v) is 5.37. The van der Waals surface area contributed by atoms with E-state index in [1.54, 1.807) is 12.3 Å². The Morgan fingerprint density at radius 1 is 1.42 bits per heavy atom. The number of carbonyl (C=O) groups excluding carboxylic acids is 1. The minimum Gasteiger partial charge on any atom is -0.351 e. The molecule has 8 nitrogen and oxygen atoms in total. The lowest BCUT2D eigenvalue weighted by atomic mass is 10.4. The minimum absolute atomic E-state index is 0.0838. The Morgan fingerprint density at radius 3 is 2.83 bits per heavy atom. The summed E-state index contributed by atoms with van der Waals surface area (Å²) in [7, 11) is -3.60. The fourth-order valence-electron chi connectivity index (χ4n) is 2.54. The molecule has 10 heteroatoms. The van der Waals surface area contributed by atoms with Crippen LogP contribution in [0.3, 0.4) is 0 Å². The van der Waals surface area contributed by atoms with E-state index in [1.165, 1.54) is 10.4 Å². The van der Waals surface area contributed by atoms with Gasteiger partial charge in [0, 0.05) is 26.1 Å². The highest BCUT2D eigenvalue weighted by molar-refractivity contribution is 7.89.